The molecule has 4 heteroatoms. The predicted octanol–water partition coefficient (Wildman–Crippen LogP) is 5.19. The van der Waals surface area contributed by atoms with Crippen molar-refractivity contribution in [2.45, 2.75) is 83.0 Å². The van der Waals surface area contributed by atoms with Crippen molar-refractivity contribution < 1.29 is 8.42 Å². The maximum atomic E-state index is 12.1. The Morgan fingerprint density at radius 2 is 1.26 bits per heavy atom. The molecule has 1 rings (SSSR count). The fourth-order valence-electron chi connectivity index (χ4n) is 2.62. The Morgan fingerprint density at radius 3 is 1.78 bits per heavy atom. The van der Waals surface area contributed by atoms with Crippen LogP contribution in [-0.2, 0) is 10.0 Å². The lowest BCUT2D eigenvalue weighted by molar-refractivity contribution is 0.549. The van der Waals surface area contributed by atoms with Crippen LogP contribution in [-0.4, -0.2) is 15.0 Å². The molecule has 3 nitrogen and oxygen atoms in total. The number of benzene rings is 1. The number of nitrogens with one attached hydrogen (secondary N) is 1. The zero-order valence-corrected chi connectivity index (χ0v) is 15.6. The highest BCUT2D eigenvalue weighted by Crippen LogP contribution is 2.12. The van der Waals surface area contributed by atoms with Crippen molar-refractivity contribution in [1.82, 2.24) is 4.72 Å². The number of unbranched alkanes of at least 4 members (excludes halogenated alkanes) is 9. The maximum absolute atomic E-state index is 12.1. The van der Waals surface area contributed by atoms with Crippen molar-refractivity contribution in [2.24, 2.45) is 0 Å². The number of aryl methyl sites for hydroxylation is 1. The van der Waals surface area contributed by atoms with E-state index in [2.05, 4.69) is 11.6 Å². The third-order valence-electron chi connectivity index (χ3n) is 4.15. The minimum absolute atomic E-state index is 0.357. The molecule has 1 aromatic rings. The van der Waals surface area contributed by atoms with Gasteiger partial charge in [0, 0.05) is 6.54 Å². The molecule has 0 saturated heterocycles. The first-order valence-corrected chi connectivity index (χ1v) is 10.6. The summed E-state index contributed by atoms with van der Waals surface area (Å²) in [6.07, 6.45) is 12.6. The molecule has 0 saturated carbocycles. The molecule has 0 aliphatic carbocycles. The smallest absolute Gasteiger partial charge is 0.211 e. The van der Waals surface area contributed by atoms with Crippen LogP contribution < -0.4 is 4.72 Å². The summed E-state index contributed by atoms with van der Waals surface area (Å²) in [5.74, 6) is 0. The fraction of sp³-hybridized carbons (Fsp3) is 0.684. The highest BCUT2D eigenvalue weighted by Gasteiger charge is 2.12. The second-order valence-electron chi connectivity index (χ2n) is 6.39. The van der Waals surface area contributed by atoms with Gasteiger partial charge >= 0.3 is 0 Å². The molecule has 0 unspecified atom stereocenters. The molecule has 132 valence electrons. The van der Waals surface area contributed by atoms with E-state index in [1.54, 1.807) is 12.1 Å². The summed E-state index contributed by atoms with van der Waals surface area (Å²) < 4.78 is 26.9. The van der Waals surface area contributed by atoms with Gasteiger partial charge in [-0.25, -0.2) is 13.1 Å². The van der Waals surface area contributed by atoms with Gasteiger partial charge in [0.1, 0.15) is 0 Å². The third kappa shape index (κ3) is 9.11. The van der Waals surface area contributed by atoms with Crippen LogP contribution in [0.1, 0.15) is 76.7 Å². The number of rotatable bonds is 13. The lowest BCUT2D eigenvalue weighted by Gasteiger charge is -2.07. The molecular formula is C19H33NO2S. The van der Waals surface area contributed by atoms with Gasteiger partial charge in [0.2, 0.25) is 10.0 Å². The summed E-state index contributed by atoms with van der Waals surface area (Å²) in [6, 6.07) is 6.98. The van der Waals surface area contributed by atoms with E-state index in [-0.39, 0.29) is 0 Å². The van der Waals surface area contributed by atoms with Gasteiger partial charge in [-0.1, -0.05) is 82.4 Å². The molecule has 23 heavy (non-hydrogen) atoms. The Balaban J connectivity index is 2.05. The molecule has 0 amide bonds. The van der Waals surface area contributed by atoms with E-state index in [0.29, 0.717) is 11.4 Å². The summed E-state index contributed by atoms with van der Waals surface area (Å²) in [5, 5.41) is 0. The average Bonchev–Trinajstić information content (AvgIpc) is 2.53. The Kier molecular flexibility index (Phi) is 10.2. The first kappa shape index (κ1) is 20.2. The largest absolute Gasteiger partial charge is 0.240 e. The van der Waals surface area contributed by atoms with Crippen molar-refractivity contribution in [3.8, 4) is 0 Å². The fourth-order valence-corrected chi connectivity index (χ4v) is 3.69. The van der Waals surface area contributed by atoms with Crippen LogP contribution in [0, 0.1) is 6.92 Å². The van der Waals surface area contributed by atoms with Gasteiger partial charge in [-0.15, -0.1) is 0 Å². The van der Waals surface area contributed by atoms with Crippen LogP contribution in [0.3, 0.4) is 0 Å². The van der Waals surface area contributed by atoms with Crippen molar-refractivity contribution in [3.63, 3.8) is 0 Å². The van der Waals surface area contributed by atoms with E-state index in [1.807, 2.05) is 19.1 Å². The second kappa shape index (κ2) is 11.6. The monoisotopic (exact) mass is 339 g/mol. The molecule has 0 radical (unpaired) electrons. The normalized spacial score (nSPS) is 11.7. The van der Waals surface area contributed by atoms with E-state index in [1.165, 1.54) is 51.4 Å². The Bertz CT molecular complexity index is 509. The van der Waals surface area contributed by atoms with E-state index < -0.39 is 10.0 Å². The predicted molar refractivity (Wildman–Crippen MR) is 98.2 cm³/mol. The Labute approximate surface area is 142 Å². The zero-order chi connectivity index (χ0) is 17.0. The molecule has 0 bridgehead atoms. The van der Waals surface area contributed by atoms with Crippen molar-refractivity contribution in [1.29, 1.82) is 0 Å². The molecule has 0 fully saturated rings. The molecule has 0 heterocycles. The summed E-state index contributed by atoms with van der Waals surface area (Å²) >= 11 is 0. The molecule has 0 aromatic heterocycles. The SMILES string of the molecule is CCCCCCCCCCCCNS(=O)(=O)c1ccc(C)cc1. The highest BCUT2D eigenvalue weighted by molar-refractivity contribution is 7.89. The first-order chi connectivity index (χ1) is 11.1. The molecule has 0 aliphatic heterocycles. The molecule has 1 aromatic carbocycles. The van der Waals surface area contributed by atoms with Crippen molar-refractivity contribution in [2.75, 3.05) is 6.54 Å². The zero-order valence-electron chi connectivity index (χ0n) is 14.8. The lowest BCUT2D eigenvalue weighted by Crippen LogP contribution is -2.24. The van der Waals surface area contributed by atoms with Crippen LogP contribution in [0.15, 0.2) is 29.2 Å². The van der Waals surface area contributed by atoms with Crippen LogP contribution in [0.2, 0.25) is 0 Å². The summed E-state index contributed by atoms with van der Waals surface area (Å²) in [7, 11) is -3.34. The van der Waals surface area contributed by atoms with Crippen LogP contribution in [0.25, 0.3) is 0 Å². The van der Waals surface area contributed by atoms with Crippen LogP contribution in [0.5, 0.6) is 0 Å². The van der Waals surface area contributed by atoms with Gasteiger partial charge in [0.15, 0.2) is 0 Å². The topological polar surface area (TPSA) is 46.2 Å². The van der Waals surface area contributed by atoms with Gasteiger partial charge in [-0.2, -0.15) is 0 Å². The lowest BCUT2D eigenvalue weighted by atomic mass is 10.1. The first-order valence-electron chi connectivity index (χ1n) is 9.12. The quantitative estimate of drug-likeness (QED) is 0.502. The van der Waals surface area contributed by atoms with Crippen molar-refractivity contribution in [3.05, 3.63) is 29.8 Å². The highest BCUT2D eigenvalue weighted by atomic mass is 32.2. The van der Waals surface area contributed by atoms with Crippen LogP contribution >= 0.6 is 0 Å². The average molecular weight is 340 g/mol. The van der Waals surface area contributed by atoms with E-state index in [9.17, 15) is 8.42 Å². The van der Waals surface area contributed by atoms with E-state index in [4.69, 9.17) is 0 Å². The van der Waals surface area contributed by atoms with E-state index >= 15 is 0 Å². The summed E-state index contributed by atoms with van der Waals surface area (Å²) in [4.78, 5) is 0.357. The third-order valence-corrected chi connectivity index (χ3v) is 5.63. The Morgan fingerprint density at radius 1 is 0.783 bits per heavy atom. The second-order valence-corrected chi connectivity index (χ2v) is 8.16. The van der Waals surface area contributed by atoms with Crippen molar-refractivity contribution >= 4 is 10.0 Å². The van der Waals surface area contributed by atoms with E-state index in [0.717, 1.165) is 18.4 Å². The number of sulfonamides is 1. The van der Waals surface area contributed by atoms with Gasteiger partial charge in [0.25, 0.3) is 0 Å². The Hall–Kier alpha value is -0.870. The number of hydrogen-bond donors (Lipinski definition) is 1. The minimum Gasteiger partial charge on any atom is -0.211 e. The van der Waals surface area contributed by atoms with Gasteiger partial charge in [0.05, 0.1) is 4.90 Å². The van der Waals surface area contributed by atoms with Gasteiger partial charge in [-0.3, -0.25) is 0 Å². The minimum atomic E-state index is -3.34. The molecule has 1 N–H and O–H groups in total. The van der Waals surface area contributed by atoms with Gasteiger partial charge < -0.3 is 0 Å². The van der Waals surface area contributed by atoms with Gasteiger partial charge in [-0.05, 0) is 25.5 Å². The molecule has 0 spiro atoms. The molecule has 0 aliphatic rings. The molecular weight excluding hydrogens is 306 g/mol. The standard InChI is InChI=1S/C19H33NO2S/c1-3-4-5-6-7-8-9-10-11-12-17-20-23(21,22)19-15-13-18(2)14-16-19/h13-16,20H,3-12,17H2,1-2H3. The molecule has 0 atom stereocenters. The van der Waals surface area contributed by atoms with Crippen LogP contribution in [0.4, 0.5) is 0 Å². The number of hydrogen-bond acceptors (Lipinski definition) is 2. The summed E-state index contributed by atoms with van der Waals surface area (Å²) in [5.41, 5.74) is 1.07. The maximum Gasteiger partial charge on any atom is 0.240 e. The summed E-state index contributed by atoms with van der Waals surface area (Å²) in [6.45, 7) is 4.73.